The molecule has 0 aliphatic carbocycles. The molecule has 0 amide bonds. The molecule has 0 aromatic heterocycles. The fourth-order valence-corrected chi connectivity index (χ4v) is 9.07. The second kappa shape index (κ2) is 8.84. The zero-order chi connectivity index (χ0) is 27.2. The number of aryl methyl sites for hydroxylation is 2. The highest BCUT2D eigenvalue weighted by molar-refractivity contribution is 8.00. The lowest BCUT2D eigenvalue weighted by molar-refractivity contribution is 0.705. The molecule has 4 heteroatoms. The number of thiol groups is 2. The summed E-state index contributed by atoms with van der Waals surface area (Å²) in [6.07, 6.45) is 0.948. The van der Waals surface area contributed by atoms with Crippen LogP contribution in [0.15, 0.2) is 117 Å². The summed E-state index contributed by atoms with van der Waals surface area (Å²) in [5.41, 5.74) is 9.65. The monoisotopic (exact) mass is 569 g/mol. The number of fused-ring (bicyclic) bond motifs is 12. The molecule has 1 nitrogen and oxygen atoms in total. The number of rotatable bonds is 1. The SMILES string of the molecule is CCc1c(S)ccc2c3c(ccc12)C1(c2ccccc2Nc2ccccc21)c1ccc2c(C)c(S)ccc2c1S3. The molecule has 1 N–H and O–H groups in total. The maximum Gasteiger partial charge on any atom is 0.0764 e. The number of anilines is 2. The molecular formula is C36H27NS3. The average molecular weight is 570 g/mol. The third-order valence-electron chi connectivity index (χ3n) is 8.93. The Morgan fingerprint density at radius 1 is 0.600 bits per heavy atom. The second-order valence-electron chi connectivity index (χ2n) is 10.8. The Kier molecular flexibility index (Phi) is 5.41. The van der Waals surface area contributed by atoms with E-state index in [1.54, 1.807) is 0 Å². The molecule has 2 aliphatic heterocycles. The Balaban J connectivity index is 1.61. The van der Waals surface area contributed by atoms with Crippen LogP contribution in [0.2, 0.25) is 0 Å². The first-order chi connectivity index (χ1) is 19.5. The van der Waals surface area contributed by atoms with Gasteiger partial charge in [0.05, 0.1) is 5.41 Å². The number of hydrogen-bond acceptors (Lipinski definition) is 4. The molecule has 194 valence electrons. The van der Waals surface area contributed by atoms with E-state index in [4.69, 9.17) is 25.3 Å². The highest BCUT2D eigenvalue weighted by atomic mass is 32.2. The smallest absolute Gasteiger partial charge is 0.0764 e. The lowest BCUT2D eigenvalue weighted by Gasteiger charge is -2.46. The van der Waals surface area contributed by atoms with E-state index in [0.29, 0.717) is 0 Å². The number of benzene rings is 6. The molecule has 2 heterocycles. The van der Waals surface area contributed by atoms with Gasteiger partial charge in [0.25, 0.3) is 0 Å². The molecule has 2 aliphatic rings. The largest absolute Gasteiger partial charge is 0.355 e. The van der Waals surface area contributed by atoms with Gasteiger partial charge < -0.3 is 5.32 Å². The molecule has 0 saturated carbocycles. The normalized spacial score (nSPS) is 14.4. The van der Waals surface area contributed by atoms with Crippen molar-refractivity contribution in [2.24, 2.45) is 0 Å². The fraction of sp³-hybridized carbons (Fsp3) is 0.111. The maximum atomic E-state index is 4.84. The van der Waals surface area contributed by atoms with Crippen molar-refractivity contribution in [3.05, 3.63) is 130 Å². The van der Waals surface area contributed by atoms with Crippen LogP contribution in [0.3, 0.4) is 0 Å². The van der Waals surface area contributed by atoms with E-state index in [1.165, 1.54) is 64.7 Å². The van der Waals surface area contributed by atoms with Crippen molar-refractivity contribution < 1.29 is 0 Å². The van der Waals surface area contributed by atoms with Gasteiger partial charge in [-0.25, -0.2) is 0 Å². The molecule has 0 saturated heterocycles. The summed E-state index contributed by atoms with van der Waals surface area (Å²) in [7, 11) is 0. The van der Waals surface area contributed by atoms with Crippen molar-refractivity contribution in [3.63, 3.8) is 0 Å². The van der Waals surface area contributed by atoms with E-state index < -0.39 is 5.41 Å². The van der Waals surface area contributed by atoms with Crippen molar-refractivity contribution >= 4 is 69.9 Å². The van der Waals surface area contributed by atoms with E-state index >= 15 is 0 Å². The highest BCUT2D eigenvalue weighted by Crippen LogP contribution is 2.62. The standard InChI is InChI=1S/C36H27NS3/c1-3-21-23-13-17-29-35(25(23)15-19-33(21)39)40-34-24-14-18-32(38)20(2)22(24)12-16-28(34)36(29)26-8-4-6-10-30(26)37-31-11-7-5-9-27(31)36/h4-19,37-39H,3H2,1-2H3. The van der Waals surface area contributed by atoms with E-state index in [9.17, 15) is 0 Å². The number of hydrogen-bond donors (Lipinski definition) is 3. The van der Waals surface area contributed by atoms with Gasteiger partial charge in [0, 0.05) is 31.0 Å². The maximum absolute atomic E-state index is 4.84. The van der Waals surface area contributed by atoms with Crippen LogP contribution in [0.4, 0.5) is 11.4 Å². The number of nitrogens with one attached hydrogen (secondary N) is 1. The minimum atomic E-state index is -0.462. The van der Waals surface area contributed by atoms with Crippen molar-refractivity contribution in [1.82, 2.24) is 0 Å². The van der Waals surface area contributed by atoms with E-state index in [0.717, 1.165) is 27.6 Å². The van der Waals surface area contributed by atoms with Gasteiger partial charge >= 0.3 is 0 Å². The Morgan fingerprint density at radius 3 is 1.75 bits per heavy atom. The van der Waals surface area contributed by atoms with Crippen LogP contribution in [-0.2, 0) is 11.8 Å². The van der Waals surface area contributed by atoms with E-state index in [1.807, 2.05) is 11.8 Å². The van der Waals surface area contributed by atoms with Crippen LogP contribution in [0.5, 0.6) is 0 Å². The quantitative estimate of drug-likeness (QED) is 0.170. The summed E-state index contributed by atoms with van der Waals surface area (Å²) in [5.74, 6) is 0. The minimum Gasteiger partial charge on any atom is -0.355 e. The molecule has 6 aromatic rings. The highest BCUT2D eigenvalue weighted by Gasteiger charge is 2.49. The molecule has 0 radical (unpaired) electrons. The Bertz CT molecular complexity index is 2000. The first kappa shape index (κ1) is 24.5. The first-order valence-corrected chi connectivity index (χ1v) is 15.4. The molecule has 0 atom stereocenters. The predicted octanol–water partition coefficient (Wildman–Crippen LogP) is 10.3. The van der Waals surface area contributed by atoms with Crippen LogP contribution < -0.4 is 5.32 Å². The Hall–Kier alpha value is -3.31. The first-order valence-electron chi connectivity index (χ1n) is 13.7. The predicted molar refractivity (Wildman–Crippen MR) is 176 cm³/mol. The molecule has 1 spiro atoms. The zero-order valence-electron chi connectivity index (χ0n) is 22.2. The molecule has 6 aromatic carbocycles. The van der Waals surface area contributed by atoms with E-state index in [2.05, 4.69) is 116 Å². The Labute approximate surface area is 249 Å². The van der Waals surface area contributed by atoms with Crippen molar-refractivity contribution in [1.29, 1.82) is 0 Å². The summed E-state index contributed by atoms with van der Waals surface area (Å²) < 4.78 is 0. The molecule has 0 unspecified atom stereocenters. The van der Waals surface area contributed by atoms with Gasteiger partial charge in [0.1, 0.15) is 0 Å². The summed E-state index contributed by atoms with van der Waals surface area (Å²) in [6.45, 7) is 4.41. The van der Waals surface area contributed by atoms with Gasteiger partial charge in [-0.1, -0.05) is 91.5 Å². The van der Waals surface area contributed by atoms with Crippen molar-refractivity contribution in [3.8, 4) is 0 Å². The van der Waals surface area contributed by atoms with Crippen LogP contribution in [0.1, 0.15) is 40.3 Å². The molecule has 0 fully saturated rings. The zero-order valence-corrected chi connectivity index (χ0v) is 24.9. The van der Waals surface area contributed by atoms with Gasteiger partial charge in [-0.2, -0.15) is 0 Å². The lowest BCUT2D eigenvalue weighted by atomic mass is 9.62. The molecule has 40 heavy (non-hydrogen) atoms. The fourth-order valence-electron chi connectivity index (χ4n) is 7.08. The van der Waals surface area contributed by atoms with Crippen molar-refractivity contribution in [2.75, 3.05) is 5.32 Å². The van der Waals surface area contributed by atoms with Crippen LogP contribution >= 0.6 is 37.0 Å². The molecule has 8 rings (SSSR count). The minimum absolute atomic E-state index is 0.462. The van der Waals surface area contributed by atoms with Crippen LogP contribution in [0.25, 0.3) is 21.5 Å². The second-order valence-corrected chi connectivity index (χ2v) is 12.8. The van der Waals surface area contributed by atoms with Gasteiger partial charge in [-0.15, -0.1) is 25.3 Å². The van der Waals surface area contributed by atoms with Crippen LogP contribution in [0, 0.1) is 6.92 Å². The Morgan fingerprint density at radius 2 is 1.12 bits per heavy atom. The molecular weight excluding hydrogens is 543 g/mol. The number of para-hydroxylation sites is 2. The summed E-state index contributed by atoms with van der Waals surface area (Å²) in [5, 5.41) is 8.91. The third kappa shape index (κ3) is 3.10. The topological polar surface area (TPSA) is 12.0 Å². The summed E-state index contributed by atoms with van der Waals surface area (Å²) >= 11 is 11.5. The lowest BCUT2D eigenvalue weighted by Crippen LogP contribution is -2.37. The van der Waals surface area contributed by atoms with Gasteiger partial charge in [0.15, 0.2) is 0 Å². The van der Waals surface area contributed by atoms with Gasteiger partial charge in [-0.3, -0.25) is 0 Å². The molecule has 0 bridgehead atoms. The van der Waals surface area contributed by atoms with E-state index in [-0.39, 0.29) is 0 Å². The average Bonchev–Trinajstić information content (AvgIpc) is 2.98. The summed E-state index contributed by atoms with van der Waals surface area (Å²) in [4.78, 5) is 4.75. The van der Waals surface area contributed by atoms with Crippen molar-refractivity contribution in [2.45, 2.75) is 45.3 Å². The van der Waals surface area contributed by atoms with Gasteiger partial charge in [-0.05, 0) is 92.5 Å². The third-order valence-corrected chi connectivity index (χ3v) is 11.1. The van der Waals surface area contributed by atoms with Crippen LogP contribution in [-0.4, -0.2) is 0 Å². The summed E-state index contributed by atoms with van der Waals surface area (Å²) in [6, 6.07) is 36.0. The van der Waals surface area contributed by atoms with Gasteiger partial charge in [0.2, 0.25) is 0 Å².